The summed E-state index contributed by atoms with van der Waals surface area (Å²) >= 11 is 0. The van der Waals surface area contributed by atoms with E-state index in [4.69, 9.17) is 9.52 Å². The third-order valence-corrected chi connectivity index (χ3v) is 2.39. The van der Waals surface area contributed by atoms with Crippen molar-refractivity contribution in [3.05, 3.63) is 18.1 Å². The van der Waals surface area contributed by atoms with Crippen molar-refractivity contribution in [2.75, 3.05) is 0 Å². The lowest BCUT2D eigenvalue weighted by Gasteiger charge is -2.02. The van der Waals surface area contributed by atoms with Crippen LogP contribution in [-0.2, 0) is 11.3 Å². The standard InChI is InChI=1S/C10H12N4O3/c1-7-8(4-6-17-7)10-11-12-13-14(10)5-2-3-9(15)16/h4,6H,2-3,5H2,1H3,(H,15,16). The Bertz CT molecular complexity index is 517. The predicted molar refractivity (Wildman–Crippen MR) is 57.1 cm³/mol. The van der Waals surface area contributed by atoms with Crippen LogP contribution in [0.4, 0.5) is 0 Å². The van der Waals surface area contributed by atoms with Gasteiger partial charge in [-0.25, -0.2) is 4.68 Å². The van der Waals surface area contributed by atoms with Crippen LogP contribution in [0.3, 0.4) is 0 Å². The fraction of sp³-hybridized carbons (Fsp3) is 0.400. The molecule has 0 aliphatic rings. The lowest BCUT2D eigenvalue weighted by molar-refractivity contribution is -0.137. The summed E-state index contributed by atoms with van der Waals surface area (Å²) in [5.74, 6) is 0.514. The number of aliphatic carboxylic acids is 1. The van der Waals surface area contributed by atoms with Crippen molar-refractivity contribution in [3.8, 4) is 11.4 Å². The summed E-state index contributed by atoms with van der Waals surface area (Å²) in [7, 11) is 0. The molecule has 2 heterocycles. The molecule has 2 rings (SSSR count). The summed E-state index contributed by atoms with van der Waals surface area (Å²) in [4.78, 5) is 10.4. The minimum atomic E-state index is -0.820. The molecule has 0 amide bonds. The Morgan fingerprint density at radius 3 is 3.06 bits per heavy atom. The molecule has 7 nitrogen and oxygen atoms in total. The third-order valence-electron chi connectivity index (χ3n) is 2.39. The molecule has 0 radical (unpaired) electrons. The normalized spacial score (nSPS) is 10.6. The zero-order valence-electron chi connectivity index (χ0n) is 9.33. The Morgan fingerprint density at radius 1 is 1.59 bits per heavy atom. The van der Waals surface area contributed by atoms with Gasteiger partial charge in [-0.05, 0) is 29.8 Å². The average Bonchev–Trinajstić information content (AvgIpc) is 2.86. The van der Waals surface area contributed by atoms with Crippen molar-refractivity contribution in [3.63, 3.8) is 0 Å². The summed E-state index contributed by atoms with van der Waals surface area (Å²) in [6.45, 7) is 2.30. The number of hydrogen-bond donors (Lipinski definition) is 1. The maximum Gasteiger partial charge on any atom is 0.303 e. The van der Waals surface area contributed by atoms with Crippen LogP contribution < -0.4 is 0 Å². The molecule has 2 aromatic rings. The van der Waals surface area contributed by atoms with E-state index in [0.29, 0.717) is 18.8 Å². The molecule has 0 saturated heterocycles. The molecule has 0 saturated carbocycles. The van der Waals surface area contributed by atoms with Gasteiger partial charge in [0.25, 0.3) is 0 Å². The van der Waals surface area contributed by atoms with Gasteiger partial charge in [0, 0.05) is 13.0 Å². The van der Waals surface area contributed by atoms with Crippen LogP contribution in [0, 0.1) is 6.92 Å². The number of hydrogen-bond acceptors (Lipinski definition) is 5. The number of nitrogens with zero attached hydrogens (tertiary/aromatic N) is 4. The Morgan fingerprint density at radius 2 is 2.41 bits per heavy atom. The Hall–Kier alpha value is -2.18. The Balaban J connectivity index is 2.12. The molecule has 2 aromatic heterocycles. The number of carboxylic acid groups (broad SMARTS) is 1. The third kappa shape index (κ3) is 2.49. The first-order valence-corrected chi connectivity index (χ1v) is 5.21. The highest BCUT2D eigenvalue weighted by Crippen LogP contribution is 2.21. The molecule has 17 heavy (non-hydrogen) atoms. The smallest absolute Gasteiger partial charge is 0.303 e. The first-order valence-electron chi connectivity index (χ1n) is 5.21. The maximum atomic E-state index is 10.4. The molecule has 90 valence electrons. The molecule has 0 spiro atoms. The molecule has 0 unspecified atom stereocenters. The SMILES string of the molecule is Cc1occc1-c1nnnn1CCCC(=O)O. The minimum Gasteiger partial charge on any atom is -0.481 e. The zero-order valence-corrected chi connectivity index (χ0v) is 9.33. The number of furan rings is 1. The van der Waals surface area contributed by atoms with Crippen molar-refractivity contribution < 1.29 is 14.3 Å². The van der Waals surface area contributed by atoms with E-state index in [0.717, 1.165) is 11.3 Å². The van der Waals surface area contributed by atoms with Gasteiger partial charge in [-0.3, -0.25) is 4.79 Å². The van der Waals surface area contributed by atoms with E-state index >= 15 is 0 Å². The van der Waals surface area contributed by atoms with Gasteiger partial charge >= 0.3 is 5.97 Å². The minimum absolute atomic E-state index is 0.101. The second kappa shape index (κ2) is 4.77. The molecule has 7 heteroatoms. The summed E-state index contributed by atoms with van der Waals surface area (Å²) < 4.78 is 6.77. The molecule has 0 aromatic carbocycles. The van der Waals surface area contributed by atoms with Gasteiger partial charge in [0.05, 0.1) is 11.8 Å². The fourth-order valence-corrected chi connectivity index (χ4v) is 1.55. The summed E-state index contributed by atoms with van der Waals surface area (Å²) in [5.41, 5.74) is 0.824. The van der Waals surface area contributed by atoms with Crippen molar-refractivity contribution in [1.29, 1.82) is 0 Å². The highest BCUT2D eigenvalue weighted by molar-refractivity contribution is 5.66. The van der Waals surface area contributed by atoms with Crippen molar-refractivity contribution in [2.24, 2.45) is 0 Å². The van der Waals surface area contributed by atoms with Gasteiger partial charge in [-0.1, -0.05) is 0 Å². The van der Waals surface area contributed by atoms with Crippen LogP contribution in [0.15, 0.2) is 16.7 Å². The van der Waals surface area contributed by atoms with Crippen LogP contribution in [-0.4, -0.2) is 31.3 Å². The number of tetrazole rings is 1. The van der Waals surface area contributed by atoms with Gasteiger partial charge in [-0.2, -0.15) is 0 Å². The monoisotopic (exact) mass is 236 g/mol. The van der Waals surface area contributed by atoms with E-state index in [-0.39, 0.29) is 6.42 Å². The molecule has 0 atom stereocenters. The summed E-state index contributed by atoms with van der Waals surface area (Å²) in [5, 5.41) is 19.9. The second-order valence-corrected chi connectivity index (χ2v) is 3.61. The fourth-order valence-electron chi connectivity index (χ4n) is 1.55. The van der Waals surface area contributed by atoms with Crippen molar-refractivity contribution in [2.45, 2.75) is 26.3 Å². The number of aromatic nitrogens is 4. The highest BCUT2D eigenvalue weighted by atomic mass is 16.4. The van der Waals surface area contributed by atoms with E-state index in [9.17, 15) is 4.79 Å². The first-order chi connectivity index (χ1) is 8.18. The lowest BCUT2D eigenvalue weighted by Crippen LogP contribution is -2.05. The summed E-state index contributed by atoms with van der Waals surface area (Å²) in [6.07, 6.45) is 2.16. The van der Waals surface area contributed by atoms with Crippen LogP contribution in [0.5, 0.6) is 0 Å². The number of aryl methyl sites for hydroxylation is 2. The number of carboxylic acids is 1. The molecule has 0 aliphatic carbocycles. The highest BCUT2D eigenvalue weighted by Gasteiger charge is 2.13. The maximum absolute atomic E-state index is 10.4. The largest absolute Gasteiger partial charge is 0.481 e. The van der Waals surface area contributed by atoms with E-state index in [1.807, 2.05) is 6.92 Å². The van der Waals surface area contributed by atoms with Crippen molar-refractivity contribution in [1.82, 2.24) is 20.2 Å². The van der Waals surface area contributed by atoms with E-state index in [1.54, 1.807) is 17.0 Å². The Labute approximate surface area is 97.0 Å². The average molecular weight is 236 g/mol. The quantitative estimate of drug-likeness (QED) is 0.835. The van der Waals surface area contributed by atoms with E-state index < -0.39 is 5.97 Å². The van der Waals surface area contributed by atoms with Gasteiger partial charge in [0.2, 0.25) is 0 Å². The van der Waals surface area contributed by atoms with E-state index in [2.05, 4.69) is 15.5 Å². The second-order valence-electron chi connectivity index (χ2n) is 3.61. The van der Waals surface area contributed by atoms with Crippen LogP contribution in [0.1, 0.15) is 18.6 Å². The van der Waals surface area contributed by atoms with E-state index in [1.165, 1.54) is 0 Å². The van der Waals surface area contributed by atoms with Gasteiger partial charge in [0.15, 0.2) is 5.82 Å². The summed E-state index contributed by atoms with van der Waals surface area (Å²) in [6, 6.07) is 1.79. The Kier molecular flexibility index (Phi) is 3.17. The van der Waals surface area contributed by atoms with Crippen LogP contribution >= 0.6 is 0 Å². The van der Waals surface area contributed by atoms with Crippen LogP contribution in [0.25, 0.3) is 11.4 Å². The topological polar surface area (TPSA) is 94.0 Å². The lowest BCUT2D eigenvalue weighted by atomic mass is 10.2. The molecule has 0 bridgehead atoms. The molecule has 0 aliphatic heterocycles. The molecule has 1 N–H and O–H groups in total. The number of carbonyl (C=O) groups is 1. The van der Waals surface area contributed by atoms with Crippen molar-refractivity contribution >= 4 is 5.97 Å². The predicted octanol–water partition coefficient (Wildman–Crippen LogP) is 1.11. The molecular weight excluding hydrogens is 224 g/mol. The molecular formula is C10H12N4O3. The number of rotatable bonds is 5. The van der Waals surface area contributed by atoms with Gasteiger partial charge < -0.3 is 9.52 Å². The van der Waals surface area contributed by atoms with Gasteiger partial charge in [0.1, 0.15) is 5.76 Å². The first kappa shape index (κ1) is 11.3. The van der Waals surface area contributed by atoms with Crippen LogP contribution in [0.2, 0.25) is 0 Å². The molecule has 0 fully saturated rings. The zero-order chi connectivity index (χ0) is 12.3. The van der Waals surface area contributed by atoms with Gasteiger partial charge in [-0.15, -0.1) is 5.10 Å².